The van der Waals surface area contributed by atoms with Gasteiger partial charge in [0, 0.05) is 24.7 Å². The first-order chi connectivity index (χ1) is 9.16. The molecule has 1 heterocycles. The topological polar surface area (TPSA) is 18.5 Å². The minimum Gasteiger partial charge on any atom is -0.311 e. The van der Waals surface area contributed by atoms with E-state index in [-0.39, 0.29) is 0 Å². The molecular formula is C16H33N3. The number of likely N-dealkylation sites (N-methyl/N-ethyl adjacent to an activating group) is 2. The Morgan fingerprint density at radius 1 is 1.16 bits per heavy atom. The monoisotopic (exact) mass is 267 g/mol. The first-order valence-electron chi connectivity index (χ1n) is 8.29. The molecule has 0 bridgehead atoms. The highest BCUT2D eigenvalue weighted by Gasteiger charge is 2.34. The van der Waals surface area contributed by atoms with Gasteiger partial charge in [0.25, 0.3) is 0 Å². The van der Waals surface area contributed by atoms with E-state index in [4.69, 9.17) is 0 Å². The van der Waals surface area contributed by atoms with Gasteiger partial charge >= 0.3 is 0 Å². The first kappa shape index (κ1) is 15.3. The summed E-state index contributed by atoms with van der Waals surface area (Å²) in [5.74, 6) is 0. The van der Waals surface area contributed by atoms with Gasteiger partial charge in [0.15, 0.2) is 0 Å². The van der Waals surface area contributed by atoms with Gasteiger partial charge in [0.1, 0.15) is 0 Å². The highest BCUT2D eigenvalue weighted by molar-refractivity contribution is 4.94. The zero-order valence-electron chi connectivity index (χ0n) is 13.2. The number of rotatable bonds is 5. The van der Waals surface area contributed by atoms with E-state index >= 15 is 0 Å². The number of likely N-dealkylation sites (tertiary alicyclic amines) is 1. The van der Waals surface area contributed by atoms with Crippen LogP contribution in [0.25, 0.3) is 0 Å². The summed E-state index contributed by atoms with van der Waals surface area (Å²) >= 11 is 0. The Morgan fingerprint density at radius 3 is 2.53 bits per heavy atom. The molecule has 0 spiro atoms. The molecule has 1 aliphatic carbocycles. The summed E-state index contributed by atoms with van der Waals surface area (Å²) in [6.45, 7) is 7.22. The van der Waals surface area contributed by atoms with Crippen LogP contribution in [0.4, 0.5) is 0 Å². The van der Waals surface area contributed by atoms with Crippen LogP contribution in [0.1, 0.15) is 51.9 Å². The second-order valence-electron chi connectivity index (χ2n) is 6.79. The largest absolute Gasteiger partial charge is 0.311 e. The molecule has 2 aliphatic rings. The molecule has 1 saturated carbocycles. The SMILES string of the molecule is CCN1CCC[C@@H](NCC2(N(C)C)CCCCC2)C1. The lowest BCUT2D eigenvalue weighted by Crippen LogP contribution is -2.56. The van der Waals surface area contributed by atoms with Crippen molar-refractivity contribution in [3.63, 3.8) is 0 Å². The van der Waals surface area contributed by atoms with Gasteiger partial charge in [0.2, 0.25) is 0 Å². The third-order valence-electron chi connectivity index (χ3n) is 5.41. The maximum absolute atomic E-state index is 3.89. The minimum atomic E-state index is 0.423. The van der Waals surface area contributed by atoms with E-state index < -0.39 is 0 Å². The molecule has 2 fully saturated rings. The van der Waals surface area contributed by atoms with Gasteiger partial charge < -0.3 is 15.1 Å². The van der Waals surface area contributed by atoms with Crippen molar-refractivity contribution in [1.82, 2.24) is 15.1 Å². The van der Waals surface area contributed by atoms with Crippen LogP contribution in [0.2, 0.25) is 0 Å². The van der Waals surface area contributed by atoms with E-state index in [1.807, 2.05) is 0 Å². The molecule has 1 saturated heterocycles. The average Bonchev–Trinajstić information content (AvgIpc) is 2.46. The Hall–Kier alpha value is -0.120. The van der Waals surface area contributed by atoms with Crippen LogP contribution in [0.15, 0.2) is 0 Å². The summed E-state index contributed by atoms with van der Waals surface area (Å²) in [5.41, 5.74) is 0.423. The van der Waals surface area contributed by atoms with Crippen LogP contribution in [-0.4, -0.2) is 61.7 Å². The predicted molar refractivity (Wildman–Crippen MR) is 82.6 cm³/mol. The Kier molecular flexibility index (Phi) is 5.67. The number of hydrogen-bond acceptors (Lipinski definition) is 3. The summed E-state index contributed by atoms with van der Waals surface area (Å²) in [5, 5.41) is 3.89. The third-order valence-corrected chi connectivity index (χ3v) is 5.41. The standard InChI is InChI=1S/C16H33N3/c1-4-19-12-8-9-15(13-19)17-14-16(18(2)3)10-6-5-7-11-16/h15,17H,4-14H2,1-3H3/t15-/m1/s1. The van der Waals surface area contributed by atoms with Crippen molar-refractivity contribution in [2.75, 3.05) is 40.3 Å². The summed E-state index contributed by atoms with van der Waals surface area (Å²) in [7, 11) is 4.54. The maximum atomic E-state index is 3.89. The summed E-state index contributed by atoms with van der Waals surface area (Å²) < 4.78 is 0. The summed E-state index contributed by atoms with van der Waals surface area (Å²) in [6, 6.07) is 0.715. The van der Waals surface area contributed by atoms with Crippen molar-refractivity contribution in [3.05, 3.63) is 0 Å². The molecule has 112 valence electrons. The fourth-order valence-corrected chi connectivity index (χ4v) is 3.84. The molecule has 0 aromatic rings. The average molecular weight is 267 g/mol. The quantitative estimate of drug-likeness (QED) is 0.825. The van der Waals surface area contributed by atoms with Gasteiger partial charge in [-0.15, -0.1) is 0 Å². The molecule has 0 radical (unpaired) electrons. The predicted octanol–water partition coefficient (Wildman–Crippen LogP) is 2.32. The Morgan fingerprint density at radius 2 is 1.89 bits per heavy atom. The van der Waals surface area contributed by atoms with E-state index in [0.29, 0.717) is 11.6 Å². The molecular weight excluding hydrogens is 234 g/mol. The molecule has 0 aromatic carbocycles. The smallest absolute Gasteiger partial charge is 0.0328 e. The van der Waals surface area contributed by atoms with Crippen LogP contribution in [-0.2, 0) is 0 Å². The molecule has 3 nitrogen and oxygen atoms in total. The summed E-state index contributed by atoms with van der Waals surface area (Å²) in [6.07, 6.45) is 9.72. The maximum Gasteiger partial charge on any atom is 0.0328 e. The lowest BCUT2D eigenvalue weighted by Gasteiger charge is -2.45. The lowest BCUT2D eigenvalue weighted by molar-refractivity contribution is 0.0883. The molecule has 19 heavy (non-hydrogen) atoms. The van der Waals surface area contributed by atoms with Gasteiger partial charge in [0.05, 0.1) is 0 Å². The van der Waals surface area contributed by atoms with Crippen molar-refractivity contribution in [1.29, 1.82) is 0 Å². The Balaban J connectivity index is 1.84. The van der Waals surface area contributed by atoms with Gasteiger partial charge in [-0.2, -0.15) is 0 Å². The van der Waals surface area contributed by atoms with Crippen molar-refractivity contribution >= 4 is 0 Å². The van der Waals surface area contributed by atoms with E-state index in [2.05, 4.69) is 36.1 Å². The van der Waals surface area contributed by atoms with Crippen LogP contribution in [0, 0.1) is 0 Å². The van der Waals surface area contributed by atoms with Gasteiger partial charge in [-0.05, 0) is 52.9 Å². The van der Waals surface area contributed by atoms with Crippen molar-refractivity contribution in [3.8, 4) is 0 Å². The third kappa shape index (κ3) is 3.93. The molecule has 0 unspecified atom stereocenters. The number of hydrogen-bond donors (Lipinski definition) is 1. The van der Waals surface area contributed by atoms with Gasteiger partial charge in [-0.25, -0.2) is 0 Å². The van der Waals surface area contributed by atoms with Crippen LogP contribution in [0.5, 0.6) is 0 Å². The zero-order valence-corrected chi connectivity index (χ0v) is 13.2. The number of piperidine rings is 1. The number of nitrogens with zero attached hydrogens (tertiary/aromatic N) is 2. The first-order valence-corrected chi connectivity index (χ1v) is 8.29. The molecule has 1 aliphatic heterocycles. The van der Waals surface area contributed by atoms with Crippen molar-refractivity contribution in [2.45, 2.75) is 63.5 Å². The second-order valence-corrected chi connectivity index (χ2v) is 6.79. The molecule has 1 atom stereocenters. The van der Waals surface area contributed by atoms with E-state index in [1.165, 1.54) is 71.1 Å². The Labute approximate surface area is 119 Å². The normalized spacial score (nSPS) is 28.7. The highest BCUT2D eigenvalue weighted by Crippen LogP contribution is 2.31. The molecule has 1 N–H and O–H groups in total. The molecule has 0 aromatic heterocycles. The van der Waals surface area contributed by atoms with Crippen molar-refractivity contribution < 1.29 is 0 Å². The minimum absolute atomic E-state index is 0.423. The molecule has 3 heteroatoms. The highest BCUT2D eigenvalue weighted by atomic mass is 15.2. The fourth-order valence-electron chi connectivity index (χ4n) is 3.84. The number of nitrogens with one attached hydrogen (secondary N) is 1. The summed E-state index contributed by atoms with van der Waals surface area (Å²) in [4.78, 5) is 5.07. The van der Waals surface area contributed by atoms with Gasteiger partial charge in [-0.1, -0.05) is 26.2 Å². The fraction of sp³-hybridized carbons (Fsp3) is 1.00. The van der Waals surface area contributed by atoms with Crippen LogP contribution in [0.3, 0.4) is 0 Å². The van der Waals surface area contributed by atoms with E-state index in [1.54, 1.807) is 0 Å². The molecule has 2 rings (SSSR count). The van der Waals surface area contributed by atoms with E-state index in [0.717, 1.165) is 0 Å². The Bertz CT molecular complexity index is 259. The lowest BCUT2D eigenvalue weighted by atomic mass is 9.80. The van der Waals surface area contributed by atoms with Crippen LogP contribution >= 0.6 is 0 Å². The van der Waals surface area contributed by atoms with Crippen LogP contribution < -0.4 is 5.32 Å². The second kappa shape index (κ2) is 7.05. The van der Waals surface area contributed by atoms with E-state index in [9.17, 15) is 0 Å². The van der Waals surface area contributed by atoms with Gasteiger partial charge in [-0.3, -0.25) is 0 Å². The molecule has 0 amide bonds. The van der Waals surface area contributed by atoms with Crippen molar-refractivity contribution in [2.24, 2.45) is 0 Å². The zero-order chi connectivity index (χ0) is 13.7.